The number of unbranched alkanes of at least 4 members (excludes halogenated alkanes) is 3. The Labute approximate surface area is 357 Å². The van der Waals surface area contributed by atoms with Crippen LogP contribution >= 0.6 is 11.6 Å². The second-order valence-electron chi connectivity index (χ2n) is 15.5. The maximum Gasteiger partial charge on any atom is 0.373 e. The van der Waals surface area contributed by atoms with Gasteiger partial charge in [-0.3, -0.25) is 9.59 Å². The number of anilines is 1. The number of rotatable bonds is 21. The van der Waals surface area contributed by atoms with Crippen LogP contribution in [0.1, 0.15) is 119 Å². The maximum absolute atomic E-state index is 12.4. The number of nitriles is 1. The van der Waals surface area contributed by atoms with E-state index in [1.807, 2.05) is 41.0 Å². The summed E-state index contributed by atoms with van der Waals surface area (Å²) in [5, 5.41) is 30.9. The van der Waals surface area contributed by atoms with Crippen molar-refractivity contribution >= 4 is 52.3 Å². The van der Waals surface area contributed by atoms with E-state index >= 15 is 0 Å². The molecule has 2 aliphatic rings. The number of allylic oxidation sites excluding steroid dienone is 6. The molecular formula is C48H54ClN4O7+. The van der Waals surface area contributed by atoms with E-state index < -0.39 is 28.7 Å². The highest BCUT2D eigenvalue weighted by molar-refractivity contribution is 6.30. The van der Waals surface area contributed by atoms with Crippen molar-refractivity contribution in [3.8, 4) is 6.07 Å². The fourth-order valence-electron chi connectivity index (χ4n) is 8.86. The summed E-state index contributed by atoms with van der Waals surface area (Å²) < 4.78 is 12.9. The summed E-state index contributed by atoms with van der Waals surface area (Å²) in [6, 6.07) is 16.9. The number of hydrogen-bond acceptors (Lipinski definition) is 7. The van der Waals surface area contributed by atoms with Gasteiger partial charge in [0.15, 0.2) is 17.9 Å². The topological polar surface area (TPSA) is 148 Å². The first-order chi connectivity index (χ1) is 28.9. The van der Waals surface area contributed by atoms with E-state index in [9.17, 15) is 29.9 Å². The van der Waals surface area contributed by atoms with E-state index in [1.54, 1.807) is 36.4 Å². The second kappa shape index (κ2) is 20.4. The van der Waals surface area contributed by atoms with Crippen LogP contribution in [0.25, 0.3) is 4.85 Å². The lowest BCUT2D eigenvalue weighted by Crippen LogP contribution is -2.37. The van der Waals surface area contributed by atoms with Gasteiger partial charge in [0, 0.05) is 52.5 Å². The molecular weight excluding hydrogens is 780 g/mol. The second-order valence-corrected chi connectivity index (χ2v) is 15.9. The predicted octanol–water partition coefficient (Wildman–Crippen LogP) is 11.0. The lowest BCUT2D eigenvalue weighted by Gasteiger charge is -2.34. The first-order valence-electron chi connectivity index (χ1n) is 20.8. The highest BCUT2D eigenvalue weighted by atomic mass is 35.5. The number of furan rings is 1. The molecule has 0 radical (unpaired) electrons. The fourth-order valence-corrected chi connectivity index (χ4v) is 9.03. The number of fused-ring (bicyclic) bond motifs is 2. The summed E-state index contributed by atoms with van der Waals surface area (Å²) in [4.78, 5) is 42.2. The van der Waals surface area contributed by atoms with E-state index in [-0.39, 0.29) is 31.7 Å². The van der Waals surface area contributed by atoms with Crippen LogP contribution in [0.2, 0.25) is 5.02 Å². The summed E-state index contributed by atoms with van der Waals surface area (Å²) in [6.07, 6.45) is 15.0. The van der Waals surface area contributed by atoms with Crippen LogP contribution in [0.4, 0.5) is 17.1 Å². The zero-order valence-corrected chi connectivity index (χ0v) is 35.7. The number of carbonyl (C=O) groups is 3. The van der Waals surface area contributed by atoms with Crippen LogP contribution in [-0.4, -0.2) is 58.6 Å². The van der Waals surface area contributed by atoms with Crippen LogP contribution in [0.5, 0.6) is 0 Å². The van der Waals surface area contributed by atoms with Gasteiger partial charge in [-0.1, -0.05) is 83.0 Å². The Balaban J connectivity index is 1.72. The number of nitrogens with zero attached hydrogens (tertiary/aromatic N) is 4. The molecule has 2 aromatic carbocycles. The average Bonchev–Trinajstić information content (AvgIpc) is 3.88. The monoisotopic (exact) mass is 833 g/mol. The summed E-state index contributed by atoms with van der Waals surface area (Å²) in [7, 11) is 1.29. The number of aliphatic carboxylic acids is 2. The van der Waals surface area contributed by atoms with Crippen LogP contribution in [0.15, 0.2) is 88.5 Å². The third-order valence-corrected chi connectivity index (χ3v) is 11.9. The number of carboxylic acid groups (broad SMARTS) is 2. The molecule has 3 aromatic rings. The molecule has 1 aromatic heterocycles. The Bertz CT molecular complexity index is 2300. The number of carboxylic acids is 2. The smallest absolute Gasteiger partial charge is 0.373 e. The first kappa shape index (κ1) is 45.2. The number of methoxy groups -OCH3 is 1. The standard InChI is InChI=1S/C48H53ClN4O7/c1-6-9-24-47(25-10-7-2)38-30-35(51-4)15-18-40(38)52(27-22-44(54)55)42(47)20-12-33(32-50)13-21-43-48(26-11-8-3,31-36-16-19-41(60-36)46(58)59-5)37-29-34(49)14-17-39(37)53(43)28-23-45(56)57/h12-21,29-30H,6-11,22-28,31H2,1-3,5H3,(H-,54,55,56,57)/p+1. The van der Waals surface area contributed by atoms with Gasteiger partial charge in [0.2, 0.25) is 11.4 Å². The Hall–Kier alpha value is -5.91. The van der Waals surface area contributed by atoms with Crippen LogP contribution in [-0.2, 0) is 31.6 Å². The molecule has 1 atom stereocenters. The molecule has 0 spiro atoms. The SMILES string of the molecule is [C-]#[N+]c1ccc2c(c1)C(CCCC)(CCCC)C(=CC=C(C#N)C=CC1=[N+](CCC(=O)O)c3ccc(Cl)cc3C1(CCCC)Cc1ccc(C(=O)OC)o1)N2CCC(=O)O. The van der Waals surface area contributed by atoms with Crippen molar-refractivity contribution in [2.45, 2.75) is 109 Å². The summed E-state index contributed by atoms with van der Waals surface area (Å²) in [6.45, 7) is 14.5. The zero-order valence-electron chi connectivity index (χ0n) is 34.9. The lowest BCUT2D eigenvalue weighted by atomic mass is 9.70. The predicted molar refractivity (Wildman–Crippen MR) is 232 cm³/mol. The maximum atomic E-state index is 12.4. The highest BCUT2D eigenvalue weighted by Gasteiger charge is 2.52. The Morgan fingerprint density at radius 1 is 0.950 bits per heavy atom. The van der Waals surface area contributed by atoms with E-state index in [4.69, 9.17) is 27.3 Å². The molecule has 2 aliphatic heterocycles. The summed E-state index contributed by atoms with van der Waals surface area (Å²) in [5.74, 6) is -1.88. The number of ether oxygens (including phenoxy) is 1. The quantitative estimate of drug-likeness (QED) is 0.0352. The normalized spacial score (nSPS) is 17.5. The van der Waals surface area contributed by atoms with Gasteiger partial charge in [-0.15, -0.1) is 0 Å². The van der Waals surface area contributed by atoms with Crippen LogP contribution in [0.3, 0.4) is 0 Å². The van der Waals surface area contributed by atoms with Crippen molar-refractivity contribution in [3.05, 3.63) is 123 Å². The molecule has 5 rings (SSSR count). The summed E-state index contributed by atoms with van der Waals surface area (Å²) in [5.41, 5.74) is 4.81. The molecule has 0 amide bonds. The minimum absolute atomic E-state index is 0.0655. The first-order valence-corrected chi connectivity index (χ1v) is 21.1. The zero-order chi connectivity index (χ0) is 43.5. The van der Waals surface area contributed by atoms with Crippen molar-refractivity contribution in [1.29, 1.82) is 5.26 Å². The Morgan fingerprint density at radius 2 is 1.63 bits per heavy atom. The van der Waals surface area contributed by atoms with Crippen molar-refractivity contribution in [1.82, 2.24) is 0 Å². The minimum Gasteiger partial charge on any atom is -0.481 e. The van der Waals surface area contributed by atoms with Crippen LogP contribution in [0, 0.1) is 17.9 Å². The number of halogens is 1. The van der Waals surface area contributed by atoms with Crippen molar-refractivity contribution in [2.24, 2.45) is 0 Å². The van der Waals surface area contributed by atoms with Crippen molar-refractivity contribution < 1.29 is 38.3 Å². The van der Waals surface area contributed by atoms with Gasteiger partial charge in [-0.25, -0.2) is 9.64 Å². The summed E-state index contributed by atoms with van der Waals surface area (Å²) >= 11 is 6.68. The number of benzene rings is 2. The Morgan fingerprint density at radius 3 is 2.25 bits per heavy atom. The van der Waals surface area contributed by atoms with E-state index in [0.29, 0.717) is 34.9 Å². The number of hydrogen-bond donors (Lipinski definition) is 2. The van der Waals surface area contributed by atoms with Gasteiger partial charge in [-0.05, 0) is 73.4 Å². The van der Waals surface area contributed by atoms with E-state index in [0.717, 1.165) is 85.3 Å². The van der Waals surface area contributed by atoms with Gasteiger partial charge < -0.3 is 24.3 Å². The number of carbonyl (C=O) groups excluding carboxylic acids is 1. The largest absolute Gasteiger partial charge is 0.481 e. The van der Waals surface area contributed by atoms with E-state index in [1.165, 1.54) is 7.11 Å². The molecule has 0 fully saturated rings. The fraction of sp³-hybridized carbons (Fsp3) is 0.417. The molecule has 11 nitrogen and oxygen atoms in total. The van der Waals surface area contributed by atoms with Gasteiger partial charge in [0.05, 0.1) is 37.2 Å². The van der Waals surface area contributed by atoms with Crippen molar-refractivity contribution in [3.63, 3.8) is 0 Å². The molecule has 0 bridgehead atoms. The molecule has 3 heterocycles. The van der Waals surface area contributed by atoms with E-state index in [2.05, 4.69) is 36.6 Å². The van der Waals surface area contributed by atoms with Gasteiger partial charge >= 0.3 is 17.9 Å². The minimum atomic E-state index is -0.957. The van der Waals surface area contributed by atoms with Gasteiger partial charge in [0.25, 0.3) is 0 Å². The molecule has 1 unspecified atom stereocenters. The van der Waals surface area contributed by atoms with Gasteiger partial charge in [-0.2, -0.15) is 9.84 Å². The average molecular weight is 834 g/mol. The highest BCUT2D eigenvalue weighted by Crippen LogP contribution is 2.55. The molecule has 60 heavy (non-hydrogen) atoms. The number of esters is 1. The molecule has 314 valence electrons. The van der Waals surface area contributed by atoms with Gasteiger partial charge in [0.1, 0.15) is 12.2 Å². The lowest BCUT2D eigenvalue weighted by molar-refractivity contribution is -0.436. The molecule has 0 aliphatic carbocycles. The Kier molecular flexibility index (Phi) is 15.3. The molecule has 0 saturated carbocycles. The van der Waals surface area contributed by atoms with Crippen LogP contribution < -0.4 is 4.90 Å². The van der Waals surface area contributed by atoms with Crippen molar-refractivity contribution in [2.75, 3.05) is 25.1 Å². The third-order valence-electron chi connectivity index (χ3n) is 11.7. The molecule has 2 N–H and O–H groups in total. The third kappa shape index (κ3) is 9.59. The molecule has 12 heteroatoms. The molecule has 0 saturated heterocycles.